The predicted octanol–water partition coefficient (Wildman–Crippen LogP) is 4.59. The lowest BCUT2D eigenvalue weighted by atomic mass is 10.1. The second-order valence-corrected chi connectivity index (χ2v) is 6.80. The predicted molar refractivity (Wildman–Crippen MR) is 114 cm³/mol. The summed E-state index contributed by atoms with van der Waals surface area (Å²) < 4.78 is 1.20. The number of nitro benzene ring substituents is 2. The van der Waals surface area contributed by atoms with Gasteiger partial charge in [0, 0.05) is 17.8 Å². The van der Waals surface area contributed by atoms with E-state index in [-0.39, 0.29) is 11.3 Å². The first kappa shape index (κ1) is 19.7. The minimum Gasteiger partial charge on any atom is -0.344 e. The molecule has 0 amide bonds. The Hall–Kier alpha value is -4.60. The Bertz CT molecular complexity index is 1310. The lowest BCUT2D eigenvalue weighted by molar-refractivity contribution is -0.392. The van der Waals surface area contributed by atoms with E-state index in [4.69, 9.17) is 0 Å². The number of nitrogens with one attached hydrogen (secondary N) is 1. The zero-order chi connectivity index (χ0) is 22.1. The molecule has 4 aromatic rings. The molecule has 1 aromatic heterocycles. The summed E-state index contributed by atoms with van der Waals surface area (Å²) in [6.07, 6.45) is 1.28. The summed E-state index contributed by atoms with van der Waals surface area (Å²) >= 11 is 0. The molecule has 0 unspecified atom stereocenters. The second kappa shape index (κ2) is 7.67. The van der Waals surface area contributed by atoms with Crippen molar-refractivity contribution in [2.24, 2.45) is 0 Å². The molecule has 0 aliphatic heterocycles. The summed E-state index contributed by atoms with van der Waals surface area (Å²) in [6.45, 7) is 1.87. The van der Waals surface area contributed by atoms with Crippen LogP contribution in [-0.2, 0) is 0 Å². The highest BCUT2D eigenvalue weighted by Gasteiger charge is 2.29. The van der Waals surface area contributed by atoms with Crippen LogP contribution < -0.4 is 5.32 Å². The Balaban J connectivity index is 1.85. The van der Waals surface area contributed by atoms with Crippen molar-refractivity contribution in [1.29, 1.82) is 0 Å². The summed E-state index contributed by atoms with van der Waals surface area (Å²) in [5, 5.41) is 26.2. The van der Waals surface area contributed by atoms with E-state index < -0.39 is 27.1 Å². The van der Waals surface area contributed by atoms with Crippen LogP contribution in [0.2, 0.25) is 0 Å². The third-order valence-corrected chi connectivity index (χ3v) is 4.73. The van der Waals surface area contributed by atoms with Crippen molar-refractivity contribution >= 4 is 39.7 Å². The van der Waals surface area contributed by atoms with E-state index in [9.17, 15) is 25.0 Å². The number of hydrogen-bond acceptors (Lipinski definition) is 7. The van der Waals surface area contributed by atoms with Gasteiger partial charge in [0.05, 0.1) is 26.4 Å². The highest BCUT2D eigenvalue weighted by molar-refractivity contribution is 6.03. The maximum absolute atomic E-state index is 13.0. The molecule has 1 N–H and O–H groups in total. The third kappa shape index (κ3) is 3.69. The number of hydrogen-bond donors (Lipinski definition) is 1. The minimum absolute atomic E-state index is 0.198. The zero-order valence-electron chi connectivity index (χ0n) is 16.2. The lowest BCUT2D eigenvalue weighted by Crippen LogP contribution is -2.12. The monoisotopic (exact) mass is 417 g/mol. The number of nitro groups is 2. The SMILES string of the molecule is Cc1ccc(Nc2c([N+](=O)[O-])cc(C(=O)n3cnc4ccccc43)cc2[N+](=O)[O-])cc1. The largest absolute Gasteiger partial charge is 0.344 e. The number of anilines is 2. The van der Waals surface area contributed by atoms with Crippen molar-refractivity contribution in [1.82, 2.24) is 9.55 Å². The maximum Gasteiger partial charge on any atom is 0.300 e. The Morgan fingerprint density at radius 3 is 2.19 bits per heavy atom. The van der Waals surface area contributed by atoms with Gasteiger partial charge in [-0.3, -0.25) is 29.6 Å². The van der Waals surface area contributed by atoms with Gasteiger partial charge in [-0.2, -0.15) is 0 Å². The molecule has 0 fully saturated rings. The van der Waals surface area contributed by atoms with E-state index >= 15 is 0 Å². The van der Waals surface area contributed by atoms with Crippen molar-refractivity contribution in [2.75, 3.05) is 5.32 Å². The molecular weight excluding hydrogens is 402 g/mol. The fourth-order valence-corrected chi connectivity index (χ4v) is 3.19. The Morgan fingerprint density at radius 1 is 0.968 bits per heavy atom. The molecular formula is C21H15N5O5. The van der Waals surface area contributed by atoms with Crippen LogP contribution >= 0.6 is 0 Å². The van der Waals surface area contributed by atoms with Crippen molar-refractivity contribution < 1.29 is 14.6 Å². The molecule has 0 saturated carbocycles. The van der Waals surface area contributed by atoms with E-state index in [0.29, 0.717) is 16.7 Å². The number of nitrogens with zero attached hydrogens (tertiary/aromatic N) is 4. The molecule has 0 bridgehead atoms. The first-order chi connectivity index (χ1) is 14.8. The molecule has 4 rings (SSSR count). The average Bonchev–Trinajstić information content (AvgIpc) is 3.18. The van der Waals surface area contributed by atoms with E-state index in [1.807, 2.05) is 6.92 Å². The molecule has 0 aliphatic rings. The van der Waals surface area contributed by atoms with Crippen LogP contribution in [0, 0.1) is 27.2 Å². The van der Waals surface area contributed by atoms with E-state index in [0.717, 1.165) is 17.7 Å². The number of carbonyl (C=O) groups is 1. The first-order valence-corrected chi connectivity index (χ1v) is 9.12. The highest BCUT2D eigenvalue weighted by Crippen LogP contribution is 2.38. The van der Waals surface area contributed by atoms with Crippen molar-refractivity contribution in [3.63, 3.8) is 0 Å². The Kier molecular flexibility index (Phi) is 4.88. The van der Waals surface area contributed by atoms with Gasteiger partial charge in [-0.15, -0.1) is 0 Å². The summed E-state index contributed by atoms with van der Waals surface area (Å²) in [5.41, 5.74) is 0.781. The van der Waals surface area contributed by atoms with E-state index in [2.05, 4.69) is 10.3 Å². The van der Waals surface area contributed by atoms with Crippen LogP contribution in [-0.4, -0.2) is 25.3 Å². The fraction of sp³-hybridized carbons (Fsp3) is 0.0476. The molecule has 0 aliphatic carbocycles. The average molecular weight is 417 g/mol. The standard InChI is InChI=1S/C21H15N5O5/c1-13-6-8-15(9-7-13)23-20-18(25(28)29)10-14(11-19(20)26(30)31)21(27)24-12-22-16-4-2-3-5-17(16)24/h2-12,23H,1H3. The first-order valence-electron chi connectivity index (χ1n) is 9.12. The summed E-state index contributed by atoms with van der Waals surface area (Å²) in [7, 11) is 0. The number of rotatable bonds is 5. The van der Waals surface area contributed by atoms with Crippen LogP contribution in [0.5, 0.6) is 0 Å². The minimum atomic E-state index is -0.758. The molecule has 0 atom stereocenters. The number of para-hydroxylation sites is 2. The van der Waals surface area contributed by atoms with Crippen LogP contribution in [0.1, 0.15) is 15.9 Å². The third-order valence-electron chi connectivity index (χ3n) is 4.73. The summed E-state index contributed by atoms with van der Waals surface area (Å²) in [5.74, 6) is -0.665. The number of aromatic nitrogens is 2. The highest BCUT2D eigenvalue weighted by atomic mass is 16.6. The van der Waals surface area contributed by atoms with Crippen LogP contribution in [0.15, 0.2) is 67.0 Å². The fourth-order valence-electron chi connectivity index (χ4n) is 3.19. The summed E-state index contributed by atoms with van der Waals surface area (Å²) in [4.78, 5) is 39.1. The van der Waals surface area contributed by atoms with Gasteiger partial charge in [-0.25, -0.2) is 4.98 Å². The number of benzene rings is 3. The molecule has 10 nitrogen and oxygen atoms in total. The maximum atomic E-state index is 13.0. The zero-order valence-corrected chi connectivity index (χ0v) is 16.2. The van der Waals surface area contributed by atoms with Gasteiger partial charge in [-0.05, 0) is 31.2 Å². The van der Waals surface area contributed by atoms with E-state index in [1.165, 1.54) is 10.9 Å². The molecule has 0 radical (unpaired) electrons. The van der Waals surface area contributed by atoms with Crippen LogP contribution in [0.25, 0.3) is 11.0 Å². The van der Waals surface area contributed by atoms with Crippen LogP contribution in [0.3, 0.4) is 0 Å². The van der Waals surface area contributed by atoms with Gasteiger partial charge < -0.3 is 5.32 Å². The van der Waals surface area contributed by atoms with Crippen molar-refractivity contribution in [2.45, 2.75) is 6.92 Å². The van der Waals surface area contributed by atoms with Gasteiger partial charge in [0.25, 0.3) is 5.91 Å². The summed E-state index contributed by atoms with van der Waals surface area (Å²) in [6, 6.07) is 15.7. The molecule has 3 aromatic carbocycles. The topological polar surface area (TPSA) is 133 Å². The molecule has 154 valence electrons. The Morgan fingerprint density at radius 2 is 1.58 bits per heavy atom. The van der Waals surface area contributed by atoms with E-state index in [1.54, 1.807) is 48.5 Å². The van der Waals surface area contributed by atoms with Crippen molar-refractivity contribution in [3.8, 4) is 0 Å². The van der Waals surface area contributed by atoms with Crippen molar-refractivity contribution in [3.05, 3.63) is 98.3 Å². The molecule has 10 heteroatoms. The molecule has 31 heavy (non-hydrogen) atoms. The Labute approximate surface area is 175 Å². The number of carbonyl (C=O) groups excluding carboxylic acids is 1. The normalized spacial score (nSPS) is 10.7. The van der Waals surface area contributed by atoms with Gasteiger partial charge in [-0.1, -0.05) is 29.8 Å². The van der Waals surface area contributed by atoms with Gasteiger partial charge in [0.15, 0.2) is 5.69 Å². The van der Waals surface area contributed by atoms with Gasteiger partial charge in [0.2, 0.25) is 0 Å². The number of fused-ring (bicyclic) bond motifs is 1. The smallest absolute Gasteiger partial charge is 0.300 e. The second-order valence-electron chi connectivity index (χ2n) is 6.80. The van der Waals surface area contributed by atoms with Gasteiger partial charge >= 0.3 is 11.4 Å². The number of imidazole rings is 1. The van der Waals surface area contributed by atoms with Gasteiger partial charge in [0.1, 0.15) is 6.33 Å². The lowest BCUT2D eigenvalue weighted by Gasteiger charge is -2.10. The molecule has 0 saturated heterocycles. The molecule has 1 heterocycles. The quantitative estimate of drug-likeness (QED) is 0.371. The number of aryl methyl sites for hydroxylation is 1. The van der Waals surface area contributed by atoms with Crippen LogP contribution in [0.4, 0.5) is 22.7 Å². The molecule has 0 spiro atoms.